The van der Waals surface area contributed by atoms with Crippen LogP contribution in [0.25, 0.3) is 0 Å². The van der Waals surface area contributed by atoms with E-state index >= 15 is 0 Å². The van der Waals surface area contributed by atoms with E-state index in [2.05, 4.69) is 5.32 Å². The Morgan fingerprint density at radius 3 is 2.67 bits per heavy atom. The first-order chi connectivity index (χ1) is 8.65. The highest BCUT2D eigenvalue weighted by atomic mass is 16.4. The normalized spacial score (nSPS) is 10.1. The van der Waals surface area contributed by atoms with Crippen molar-refractivity contribution >= 4 is 11.9 Å². The van der Waals surface area contributed by atoms with Crippen molar-refractivity contribution in [2.45, 2.75) is 19.3 Å². The highest BCUT2D eigenvalue weighted by molar-refractivity contribution is 5.89. The first-order valence-electron chi connectivity index (χ1n) is 5.93. The molecule has 1 aromatic carbocycles. The smallest absolute Gasteiger partial charge is 0.335 e. The molecule has 0 aliphatic heterocycles. The van der Waals surface area contributed by atoms with E-state index in [1.54, 1.807) is 24.3 Å². The van der Waals surface area contributed by atoms with E-state index in [1.807, 2.05) is 0 Å². The quantitative estimate of drug-likeness (QED) is 0.667. The Labute approximate surface area is 106 Å². The molecule has 0 saturated heterocycles. The van der Waals surface area contributed by atoms with Crippen LogP contribution in [0.2, 0.25) is 0 Å². The number of hydrogen-bond acceptors (Lipinski definition) is 3. The van der Waals surface area contributed by atoms with E-state index in [9.17, 15) is 9.59 Å². The van der Waals surface area contributed by atoms with E-state index in [0.717, 1.165) is 5.56 Å². The number of carbonyl (C=O) groups is 2. The maximum atomic E-state index is 11.3. The Bertz CT molecular complexity index is 418. The van der Waals surface area contributed by atoms with Gasteiger partial charge in [-0.25, -0.2) is 4.79 Å². The summed E-state index contributed by atoms with van der Waals surface area (Å²) in [6.45, 7) is 0.933. The minimum Gasteiger partial charge on any atom is -0.478 e. The molecule has 0 spiro atoms. The van der Waals surface area contributed by atoms with E-state index in [0.29, 0.717) is 32.4 Å². The average molecular weight is 250 g/mol. The lowest BCUT2D eigenvalue weighted by atomic mass is 10.0. The second kappa shape index (κ2) is 7.45. The molecule has 5 nitrogen and oxygen atoms in total. The Morgan fingerprint density at radius 2 is 2.00 bits per heavy atom. The molecule has 0 radical (unpaired) electrons. The zero-order valence-corrected chi connectivity index (χ0v) is 10.2. The first kappa shape index (κ1) is 14.2. The van der Waals surface area contributed by atoms with Crippen LogP contribution < -0.4 is 11.1 Å². The fourth-order valence-electron chi connectivity index (χ4n) is 1.63. The summed E-state index contributed by atoms with van der Waals surface area (Å²) in [6.07, 6.45) is 1.59. The average Bonchev–Trinajstić information content (AvgIpc) is 2.36. The molecule has 0 atom stereocenters. The van der Waals surface area contributed by atoms with Crippen molar-refractivity contribution < 1.29 is 14.7 Å². The van der Waals surface area contributed by atoms with Crippen molar-refractivity contribution in [3.05, 3.63) is 35.4 Å². The van der Waals surface area contributed by atoms with Gasteiger partial charge in [-0.15, -0.1) is 0 Å². The molecule has 5 heteroatoms. The van der Waals surface area contributed by atoms with Crippen molar-refractivity contribution in [2.24, 2.45) is 5.73 Å². The molecule has 98 valence electrons. The van der Waals surface area contributed by atoms with Crippen LogP contribution >= 0.6 is 0 Å². The number of benzene rings is 1. The SMILES string of the molecule is NCCCC(=O)NCCc1ccccc1C(=O)O. The molecule has 0 unspecified atom stereocenters. The Kier molecular flexibility index (Phi) is 5.87. The zero-order valence-electron chi connectivity index (χ0n) is 10.2. The van der Waals surface area contributed by atoms with E-state index in [-0.39, 0.29) is 11.5 Å². The van der Waals surface area contributed by atoms with Gasteiger partial charge in [0.05, 0.1) is 5.56 Å². The number of rotatable bonds is 7. The molecule has 1 aromatic rings. The van der Waals surface area contributed by atoms with Gasteiger partial charge in [-0.05, 0) is 31.0 Å². The molecule has 0 heterocycles. The minimum absolute atomic E-state index is 0.0479. The Morgan fingerprint density at radius 1 is 1.28 bits per heavy atom. The second-order valence-electron chi connectivity index (χ2n) is 3.95. The molecule has 0 saturated carbocycles. The van der Waals surface area contributed by atoms with Crippen LogP contribution in [-0.2, 0) is 11.2 Å². The number of nitrogens with two attached hydrogens (primary N) is 1. The molecule has 4 N–H and O–H groups in total. The van der Waals surface area contributed by atoms with Crippen molar-refractivity contribution in [1.82, 2.24) is 5.32 Å². The monoisotopic (exact) mass is 250 g/mol. The number of nitrogens with one attached hydrogen (secondary N) is 1. The summed E-state index contributed by atoms with van der Waals surface area (Å²) in [6, 6.07) is 6.80. The van der Waals surface area contributed by atoms with Gasteiger partial charge in [0.1, 0.15) is 0 Å². The lowest BCUT2D eigenvalue weighted by Gasteiger charge is -2.07. The number of hydrogen-bond donors (Lipinski definition) is 3. The summed E-state index contributed by atoms with van der Waals surface area (Å²) in [5.74, 6) is -0.992. The highest BCUT2D eigenvalue weighted by Gasteiger charge is 2.08. The molecule has 1 rings (SSSR count). The molecule has 0 aliphatic rings. The largest absolute Gasteiger partial charge is 0.478 e. The lowest BCUT2D eigenvalue weighted by molar-refractivity contribution is -0.121. The fraction of sp³-hybridized carbons (Fsp3) is 0.385. The molecule has 1 amide bonds. The van der Waals surface area contributed by atoms with Gasteiger partial charge in [-0.2, -0.15) is 0 Å². The third-order valence-corrected chi connectivity index (χ3v) is 2.57. The molecule has 0 aromatic heterocycles. The van der Waals surface area contributed by atoms with Gasteiger partial charge in [0, 0.05) is 13.0 Å². The highest BCUT2D eigenvalue weighted by Crippen LogP contribution is 2.08. The molecule has 0 fully saturated rings. The van der Waals surface area contributed by atoms with E-state index in [4.69, 9.17) is 10.8 Å². The molecular weight excluding hydrogens is 232 g/mol. The molecular formula is C13H18N2O3. The van der Waals surface area contributed by atoms with Crippen LogP contribution in [0.4, 0.5) is 0 Å². The number of carboxylic acids is 1. The van der Waals surface area contributed by atoms with Crippen molar-refractivity contribution in [3.63, 3.8) is 0 Å². The van der Waals surface area contributed by atoms with Gasteiger partial charge < -0.3 is 16.2 Å². The van der Waals surface area contributed by atoms with Crippen LogP contribution in [0.15, 0.2) is 24.3 Å². The van der Waals surface area contributed by atoms with Gasteiger partial charge in [0.15, 0.2) is 0 Å². The van der Waals surface area contributed by atoms with Gasteiger partial charge in [-0.3, -0.25) is 4.79 Å². The number of aromatic carboxylic acids is 1. The first-order valence-corrected chi connectivity index (χ1v) is 5.93. The van der Waals surface area contributed by atoms with Crippen LogP contribution in [0, 0.1) is 0 Å². The fourth-order valence-corrected chi connectivity index (χ4v) is 1.63. The number of carboxylic acid groups (broad SMARTS) is 1. The van der Waals surface area contributed by atoms with Crippen molar-refractivity contribution in [1.29, 1.82) is 0 Å². The van der Waals surface area contributed by atoms with Crippen LogP contribution in [0.5, 0.6) is 0 Å². The molecule has 0 bridgehead atoms. The zero-order chi connectivity index (χ0) is 13.4. The standard InChI is InChI=1S/C13H18N2O3/c14-8-3-6-12(16)15-9-7-10-4-1-2-5-11(10)13(17)18/h1-2,4-5H,3,6-9,14H2,(H,15,16)(H,17,18). The summed E-state index contributed by atoms with van der Waals surface area (Å²) in [5.41, 5.74) is 6.32. The summed E-state index contributed by atoms with van der Waals surface area (Å²) < 4.78 is 0. The predicted octanol–water partition coefficient (Wildman–Crippen LogP) is 0.782. The van der Waals surface area contributed by atoms with Gasteiger partial charge in [-0.1, -0.05) is 18.2 Å². The van der Waals surface area contributed by atoms with Gasteiger partial charge >= 0.3 is 5.97 Å². The lowest BCUT2D eigenvalue weighted by Crippen LogP contribution is -2.26. The Hall–Kier alpha value is -1.88. The van der Waals surface area contributed by atoms with Crippen LogP contribution in [0.1, 0.15) is 28.8 Å². The second-order valence-corrected chi connectivity index (χ2v) is 3.95. The van der Waals surface area contributed by atoms with Crippen molar-refractivity contribution in [3.8, 4) is 0 Å². The maximum absolute atomic E-state index is 11.3. The summed E-state index contributed by atoms with van der Waals surface area (Å²) in [7, 11) is 0. The summed E-state index contributed by atoms with van der Waals surface area (Å²) in [5, 5.41) is 11.7. The predicted molar refractivity (Wildman–Crippen MR) is 68.4 cm³/mol. The van der Waals surface area contributed by atoms with Gasteiger partial charge in [0.25, 0.3) is 0 Å². The topological polar surface area (TPSA) is 92.4 Å². The summed E-state index contributed by atoms with van der Waals surface area (Å²) in [4.78, 5) is 22.3. The van der Waals surface area contributed by atoms with Crippen LogP contribution in [0.3, 0.4) is 0 Å². The molecule has 0 aliphatic carbocycles. The maximum Gasteiger partial charge on any atom is 0.335 e. The molecule has 18 heavy (non-hydrogen) atoms. The Balaban J connectivity index is 2.44. The minimum atomic E-state index is -0.944. The third-order valence-electron chi connectivity index (χ3n) is 2.57. The van der Waals surface area contributed by atoms with Crippen LogP contribution in [-0.4, -0.2) is 30.1 Å². The van der Waals surface area contributed by atoms with E-state index in [1.165, 1.54) is 0 Å². The summed E-state index contributed by atoms with van der Waals surface area (Å²) >= 11 is 0. The van der Waals surface area contributed by atoms with E-state index < -0.39 is 5.97 Å². The van der Waals surface area contributed by atoms with Gasteiger partial charge in [0.2, 0.25) is 5.91 Å². The number of carbonyl (C=O) groups excluding carboxylic acids is 1. The van der Waals surface area contributed by atoms with Crippen molar-refractivity contribution in [2.75, 3.05) is 13.1 Å². The number of amides is 1. The third kappa shape index (κ3) is 4.55.